The van der Waals surface area contributed by atoms with E-state index in [9.17, 15) is 9.59 Å². The summed E-state index contributed by atoms with van der Waals surface area (Å²) >= 11 is 5.95. The fraction of sp³-hybridized carbons (Fsp3) is 0.412. The third-order valence-corrected chi connectivity index (χ3v) is 4.57. The molecule has 0 aromatic heterocycles. The molecule has 1 atom stereocenters. The van der Waals surface area contributed by atoms with E-state index in [4.69, 9.17) is 11.6 Å². The molecule has 0 bridgehead atoms. The van der Waals surface area contributed by atoms with Crippen LogP contribution >= 0.6 is 11.6 Å². The number of Topliss-reactive ketones (excluding diaryl/α,β-unsaturated/α-hetero) is 1. The van der Waals surface area contributed by atoms with E-state index < -0.39 is 0 Å². The highest BCUT2D eigenvalue weighted by atomic mass is 35.5. The number of halogens is 1. The average molecular weight is 319 g/mol. The number of nitrogens with zero attached hydrogens (tertiary/aromatic N) is 2. The van der Waals surface area contributed by atoms with Gasteiger partial charge in [-0.2, -0.15) is 0 Å². The number of hydrogen-bond donors (Lipinski definition) is 0. The minimum Gasteiger partial charge on any atom is -0.294 e. The first-order valence-electron chi connectivity index (χ1n) is 7.51. The first-order valence-corrected chi connectivity index (χ1v) is 7.88. The predicted octanol–water partition coefficient (Wildman–Crippen LogP) is 3.14. The molecule has 1 aliphatic heterocycles. The van der Waals surface area contributed by atoms with Gasteiger partial charge in [-0.25, -0.2) is 10.0 Å². The molecule has 116 valence electrons. The average Bonchev–Trinajstić information content (AvgIpc) is 2.46. The van der Waals surface area contributed by atoms with E-state index in [-0.39, 0.29) is 17.6 Å². The second kappa shape index (κ2) is 5.86. The van der Waals surface area contributed by atoms with Crippen LogP contribution in [0.2, 0.25) is 5.02 Å². The van der Waals surface area contributed by atoms with Gasteiger partial charge in [0.25, 0.3) is 0 Å². The van der Waals surface area contributed by atoms with Crippen molar-refractivity contribution in [3.8, 4) is 0 Å². The van der Waals surface area contributed by atoms with Crippen LogP contribution in [-0.4, -0.2) is 35.8 Å². The molecular weight excluding hydrogens is 300 g/mol. The summed E-state index contributed by atoms with van der Waals surface area (Å²) < 4.78 is 0. The molecule has 4 nitrogen and oxygen atoms in total. The minimum atomic E-state index is -0.149. The Morgan fingerprint density at radius 2 is 1.82 bits per heavy atom. The van der Waals surface area contributed by atoms with Crippen molar-refractivity contribution in [1.29, 1.82) is 0 Å². The molecule has 3 rings (SSSR count). The lowest BCUT2D eigenvalue weighted by Crippen LogP contribution is -2.47. The van der Waals surface area contributed by atoms with E-state index in [0.29, 0.717) is 17.9 Å². The molecule has 1 aromatic carbocycles. The van der Waals surface area contributed by atoms with Crippen LogP contribution < -0.4 is 0 Å². The molecule has 1 amide bonds. The molecule has 0 saturated carbocycles. The summed E-state index contributed by atoms with van der Waals surface area (Å²) in [7, 11) is 3.68. The summed E-state index contributed by atoms with van der Waals surface area (Å²) in [5.74, 6) is 0.0581. The molecule has 5 heteroatoms. The standard InChI is InChI=1S/C17H19ClN2O2/c1-19(2)20-14-4-3-5-15(21)17(14)13(10-16(20)22)11-6-8-12(18)9-7-11/h6-9,13H,3-5,10H2,1-2H3. The van der Waals surface area contributed by atoms with Crippen LogP contribution in [-0.2, 0) is 9.59 Å². The van der Waals surface area contributed by atoms with Crippen molar-refractivity contribution in [1.82, 2.24) is 10.0 Å². The summed E-state index contributed by atoms with van der Waals surface area (Å²) in [5, 5.41) is 4.10. The molecule has 1 aromatic rings. The smallest absolute Gasteiger partial charge is 0.242 e. The molecule has 0 radical (unpaired) electrons. The zero-order valence-corrected chi connectivity index (χ0v) is 13.6. The third-order valence-electron chi connectivity index (χ3n) is 4.32. The number of allylic oxidation sites excluding steroid dienone is 2. The lowest BCUT2D eigenvalue weighted by Gasteiger charge is -2.41. The Bertz CT molecular complexity index is 649. The van der Waals surface area contributed by atoms with Crippen LogP contribution in [0.5, 0.6) is 0 Å². The van der Waals surface area contributed by atoms with E-state index in [2.05, 4.69) is 0 Å². The number of hydrogen-bond acceptors (Lipinski definition) is 3. The molecule has 1 unspecified atom stereocenters. The van der Waals surface area contributed by atoms with Crippen molar-refractivity contribution in [2.45, 2.75) is 31.6 Å². The Labute approximate surface area is 135 Å². The van der Waals surface area contributed by atoms with Gasteiger partial charge in [0.1, 0.15) is 0 Å². The number of benzene rings is 1. The van der Waals surface area contributed by atoms with E-state index >= 15 is 0 Å². The van der Waals surface area contributed by atoms with Gasteiger partial charge in [0, 0.05) is 49.1 Å². The van der Waals surface area contributed by atoms with Crippen LogP contribution in [0.25, 0.3) is 0 Å². The lowest BCUT2D eigenvalue weighted by atomic mass is 9.78. The van der Waals surface area contributed by atoms with Gasteiger partial charge >= 0.3 is 0 Å². The minimum absolute atomic E-state index is 0.0402. The monoisotopic (exact) mass is 318 g/mol. The van der Waals surface area contributed by atoms with E-state index in [1.807, 2.05) is 38.4 Å². The summed E-state index contributed by atoms with van der Waals surface area (Å²) in [6, 6.07) is 7.46. The predicted molar refractivity (Wildman–Crippen MR) is 85.2 cm³/mol. The number of hydrazine groups is 1. The third kappa shape index (κ3) is 2.57. The topological polar surface area (TPSA) is 40.6 Å². The highest BCUT2D eigenvalue weighted by molar-refractivity contribution is 6.30. The Kier molecular flexibility index (Phi) is 4.06. The van der Waals surface area contributed by atoms with Gasteiger partial charge in [-0.05, 0) is 30.5 Å². The van der Waals surface area contributed by atoms with Crippen molar-refractivity contribution in [2.75, 3.05) is 14.1 Å². The Morgan fingerprint density at radius 3 is 2.45 bits per heavy atom. The number of ketones is 1. The molecule has 1 aliphatic carbocycles. The highest BCUT2D eigenvalue weighted by Crippen LogP contribution is 2.41. The van der Waals surface area contributed by atoms with Crippen molar-refractivity contribution in [3.63, 3.8) is 0 Å². The lowest BCUT2D eigenvalue weighted by molar-refractivity contribution is -0.143. The molecule has 2 aliphatic rings. The van der Waals surface area contributed by atoms with Gasteiger partial charge in [-0.3, -0.25) is 9.59 Å². The number of rotatable bonds is 2. The number of amides is 1. The summed E-state index contributed by atoms with van der Waals surface area (Å²) in [5.41, 5.74) is 2.67. The van der Waals surface area contributed by atoms with E-state index in [1.54, 1.807) is 10.0 Å². The Balaban J connectivity index is 2.11. The molecular formula is C17H19ClN2O2. The van der Waals surface area contributed by atoms with Gasteiger partial charge in [0.15, 0.2) is 5.78 Å². The van der Waals surface area contributed by atoms with E-state index in [1.165, 1.54) is 0 Å². The maximum atomic E-state index is 12.6. The van der Waals surface area contributed by atoms with Crippen LogP contribution in [0, 0.1) is 0 Å². The fourth-order valence-electron chi connectivity index (χ4n) is 3.42. The Morgan fingerprint density at radius 1 is 1.14 bits per heavy atom. The summed E-state index contributed by atoms with van der Waals surface area (Å²) in [4.78, 5) is 25.1. The van der Waals surface area contributed by atoms with Crippen molar-refractivity contribution in [3.05, 3.63) is 46.1 Å². The first-order chi connectivity index (χ1) is 10.5. The fourth-order valence-corrected chi connectivity index (χ4v) is 3.55. The van der Waals surface area contributed by atoms with E-state index in [0.717, 1.165) is 29.7 Å². The highest BCUT2D eigenvalue weighted by Gasteiger charge is 2.39. The molecule has 0 fully saturated rings. The summed E-state index contributed by atoms with van der Waals surface area (Å²) in [6.07, 6.45) is 2.47. The summed E-state index contributed by atoms with van der Waals surface area (Å²) in [6.45, 7) is 0. The molecule has 22 heavy (non-hydrogen) atoms. The van der Waals surface area contributed by atoms with Crippen LogP contribution in [0.4, 0.5) is 0 Å². The Hall–Kier alpha value is -1.65. The van der Waals surface area contributed by atoms with Gasteiger partial charge in [0.05, 0.1) is 0 Å². The van der Waals surface area contributed by atoms with Crippen molar-refractivity contribution in [2.24, 2.45) is 0 Å². The normalized spacial score (nSPS) is 22.4. The van der Waals surface area contributed by atoms with Crippen molar-refractivity contribution >= 4 is 23.3 Å². The zero-order chi connectivity index (χ0) is 15.9. The van der Waals surface area contributed by atoms with Crippen LogP contribution in [0.3, 0.4) is 0 Å². The van der Waals surface area contributed by atoms with Crippen LogP contribution in [0.1, 0.15) is 37.2 Å². The zero-order valence-electron chi connectivity index (χ0n) is 12.8. The maximum Gasteiger partial charge on any atom is 0.242 e. The first kappa shape index (κ1) is 15.3. The van der Waals surface area contributed by atoms with Gasteiger partial charge < -0.3 is 0 Å². The number of carbonyl (C=O) groups is 2. The molecule has 0 saturated heterocycles. The largest absolute Gasteiger partial charge is 0.294 e. The van der Waals surface area contributed by atoms with Crippen molar-refractivity contribution < 1.29 is 9.59 Å². The second-order valence-electron chi connectivity index (χ2n) is 6.00. The van der Waals surface area contributed by atoms with Gasteiger partial charge in [0.2, 0.25) is 5.91 Å². The van der Waals surface area contributed by atoms with Gasteiger partial charge in [-0.1, -0.05) is 23.7 Å². The number of carbonyl (C=O) groups excluding carboxylic acids is 2. The molecule has 0 spiro atoms. The van der Waals surface area contributed by atoms with Gasteiger partial charge in [-0.15, -0.1) is 0 Å². The quantitative estimate of drug-likeness (QED) is 0.841. The second-order valence-corrected chi connectivity index (χ2v) is 6.43. The SMILES string of the molecule is CN(C)N1C(=O)CC(c2ccc(Cl)cc2)C2=C1CCCC2=O. The van der Waals surface area contributed by atoms with Crippen LogP contribution in [0.15, 0.2) is 35.5 Å². The maximum absolute atomic E-state index is 12.6. The molecule has 1 heterocycles. The molecule has 0 N–H and O–H groups in total.